The highest BCUT2D eigenvalue weighted by Gasteiger charge is 2.10. The van der Waals surface area contributed by atoms with Crippen molar-refractivity contribution in [3.63, 3.8) is 0 Å². The third-order valence-electron chi connectivity index (χ3n) is 2.42. The maximum absolute atomic E-state index is 5.21. The number of ether oxygens (including phenoxy) is 1. The van der Waals surface area contributed by atoms with Crippen molar-refractivity contribution in [2.24, 2.45) is 0 Å². The fourth-order valence-electron chi connectivity index (χ4n) is 1.55. The van der Waals surface area contributed by atoms with Crippen LogP contribution in [0.25, 0.3) is 10.6 Å². The lowest BCUT2D eigenvalue weighted by Gasteiger charge is -2.04. The SMILES string of the molecule is CNc1sc(-c2ccc(OC)c(Br)c2)nc1C. The first-order chi connectivity index (χ1) is 8.15. The number of thiazole rings is 1. The van der Waals surface area contributed by atoms with Crippen LogP contribution in [0.15, 0.2) is 22.7 Å². The van der Waals surface area contributed by atoms with Gasteiger partial charge in [-0.25, -0.2) is 4.98 Å². The van der Waals surface area contributed by atoms with Crippen LogP contribution in [0.1, 0.15) is 5.69 Å². The van der Waals surface area contributed by atoms with Crippen molar-refractivity contribution < 1.29 is 4.74 Å². The molecule has 0 aliphatic rings. The van der Waals surface area contributed by atoms with Crippen molar-refractivity contribution in [2.75, 3.05) is 19.5 Å². The predicted molar refractivity (Wildman–Crippen MR) is 76.1 cm³/mol. The normalized spacial score (nSPS) is 10.4. The summed E-state index contributed by atoms with van der Waals surface area (Å²) in [6, 6.07) is 5.98. The molecule has 0 bridgehead atoms. The van der Waals surface area contributed by atoms with Crippen LogP contribution in [0.5, 0.6) is 5.75 Å². The number of nitrogens with zero attached hydrogens (tertiary/aromatic N) is 1. The average molecular weight is 313 g/mol. The summed E-state index contributed by atoms with van der Waals surface area (Å²) >= 11 is 5.13. The maximum Gasteiger partial charge on any atom is 0.133 e. The topological polar surface area (TPSA) is 34.1 Å². The molecule has 0 amide bonds. The van der Waals surface area contributed by atoms with Crippen molar-refractivity contribution >= 4 is 32.3 Å². The maximum atomic E-state index is 5.21. The minimum absolute atomic E-state index is 0.830. The van der Waals surface area contributed by atoms with E-state index < -0.39 is 0 Å². The molecule has 0 atom stereocenters. The van der Waals surface area contributed by atoms with E-state index in [2.05, 4.69) is 26.2 Å². The number of nitrogens with one attached hydrogen (secondary N) is 1. The Bertz CT molecular complexity index is 539. The van der Waals surface area contributed by atoms with Gasteiger partial charge in [0.15, 0.2) is 0 Å². The Morgan fingerprint density at radius 1 is 1.41 bits per heavy atom. The van der Waals surface area contributed by atoms with E-state index >= 15 is 0 Å². The van der Waals surface area contributed by atoms with E-state index in [4.69, 9.17) is 4.74 Å². The van der Waals surface area contributed by atoms with Crippen molar-refractivity contribution in [3.8, 4) is 16.3 Å². The van der Waals surface area contributed by atoms with Crippen molar-refractivity contribution in [1.82, 2.24) is 4.98 Å². The highest BCUT2D eigenvalue weighted by Crippen LogP contribution is 2.35. The van der Waals surface area contributed by atoms with E-state index in [9.17, 15) is 0 Å². The molecule has 0 radical (unpaired) electrons. The van der Waals surface area contributed by atoms with Crippen LogP contribution in [-0.2, 0) is 0 Å². The van der Waals surface area contributed by atoms with Crippen LogP contribution < -0.4 is 10.1 Å². The lowest BCUT2D eigenvalue weighted by Crippen LogP contribution is -1.85. The lowest BCUT2D eigenvalue weighted by atomic mass is 10.2. The van der Waals surface area contributed by atoms with Gasteiger partial charge in [0.05, 0.1) is 17.3 Å². The van der Waals surface area contributed by atoms with E-state index in [1.165, 1.54) is 0 Å². The van der Waals surface area contributed by atoms with Gasteiger partial charge in [-0.3, -0.25) is 0 Å². The fourth-order valence-corrected chi connectivity index (χ4v) is 3.01. The van der Waals surface area contributed by atoms with Crippen LogP contribution in [0.2, 0.25) is 0 Å². The van der Waals surface area contributed by atoms with Crippen LogP contribution in [0, 0.1) is 6.92 Å². The van der Waals surface area contributed by atoms with Crippen LogP contribution in [-0.4, -0.2) is 19.1 Å². The number of aromatic nitrogens is 1. The number of anilines is 1. The van der Waals surface area contributed by atoms with Crippen molar-refractivity contribution in [3.05, 3.63) is 28.4 Å². The zero-order chi connectivity index (χ0) is 12.4. The second kappa shape index (κ2) is 5.06. The molecular weight excluding hydrogens is 300 g/mol. The van der Waals surface area contributed by atoms with E-state index in [0.717, 1.165) is 31.5 Å². The minimum Gasteiger partial charge on any atom is -0.496 e. The number of hydrogen-bond donors (Lipinski definition) is 1. The van der Waals surface area contributed by atoms with Gasteiger partial charge in [-0.15, -0.1) is 0 Å². The minimum atomic E-state index is 0.830. The molecule has 2 aromatic rings. The zero-order valence-corrected chi connectivity index (χ0v) is 12.3. The second-order valence-corrected chi connectivity index (χ2v) is 5.39. The number of halogens is 1. The summed E-state index contributed by atoms with van der Waals surface area (Å²) in [5.41, 5.74) is 2.12. The summed E-state index contributed by atoms with van der Waals surface area (Å²) in [4.78, 5) is 4.54. The van der Waals surface area contributed by atoms with Gasteiger partial charge in [-0.05, 0) is 41.1 Å². The van der Waals surface area contributed by atoms with E-state index in [1.54, 1.807) is 18.4 Å². The van der Waals surface area contributed by atoms with Crippen LogP contribution >= 0.6 is 27.3 Å². The van der Waals surface area contributed by atoms with E-state index in [1.807, 2.05) is 32.2 Å². The molecule has 1 aromatic carbocycles. The van der Waals surface area contributed by atoms with Gasteiger partial charge < -0.3 is 10.1 Å². The first kappa shape index (κ1) is 12.4. The van der Waals surface area contributed by atoms with Gasteiger partial charge in [-0.2, -0.15) is 0 Å². The molecule has 0 saturated carbocycles. The Labute approximate surface area is 113 Å². The summed E-state index contributed by atoms with van der Waals surface area (Å²) in [7, 11) is 3.57. The average Bonchev–Trinajstić information content (AvgIpc) is 2.70. The Kier molecular flexibility index (Phi) is 3.69. The highest BCUT2D eigenvalue weighted by atomic mass is 79.9. The van der Waals surface area contributed by atoms with Gasteiger partial charge in [0.25, 0.3) is 0 Å². The molecule has 0 spiro atoms. The largest absolute Gasteiger partial charge is 0.496 e. The molecular formula is C12H13BrN2OS. The fraction of sp³-hybridized carbons (Fsp3) is 0.250. The summed E-state index contributed by atoms with van der Waals surface area (Å²) < 4.78 is 6.15. The van der Waals surface area contributed by atoms with Gasteiger partial charge >= 0.3 is 0 Å². The van der Waals surface area contributed by atoms with E-state index in [0.29, 0.717) is 0 Å². The molecule has 0 aliphatic heterocycles. The van der Waals surface area contributed by atoms with Gasteiger partial charge in [0.1, 0.15) is 15.8 Å². The summed E-state index contributed by atoms with van der Waals surface area (Å²) in [5.74, 6) is 0.830. The molecule has 1 aromatic heterocycles. The smallest absolute Gasteiger partial charge is 0.133 e. The molecule has 5 heteroatoms. The highest BCUT2D eigenvalue weighted by molar-refractivity contribution is 9.10. The number of rotatable bonds is 3. The Hall–Kier alpha value is -1.07. The molecule has 0 unspecified atom stereocenters. The number of methoxy groups -OCH3 is 1. The molecule has 3 nitrogen and oxygen atoms in total. The Balaban J connectivity index is 2.42. The molecule has 90 valence electrons. The van der Waals surface area contributed by atoms with Crippen LogP contribution in [0.4, 0.5) is 5.00 Å². The standard InChI is InChI=1S/C12H13BrN2OS/c1-7-11(14-2)17-12(15-7)8-4-5-10(16-3)9(13)6-8/h4-6,14H,1-3H3. The first-order valence-corrected chi connectivity index (χ1v) is 6.75. The number of benzene rings is 1. The first-order valence-electron chi connectivity index (χ1n) is 5.14. The number of aryl methyl sites for hydroxylation is 1. The predicted octanol–water partition coefficient (Wildman–Crippen LogP) is 3.93. The molecule has 0 aliphatic carbocycles. The van der Waals surface area contributed by atoms with Crippen molar-refractivity contribution in [1.29, 1.82) is 0 Å². The van der Waals surface area contributed by atoms with Crippen molar-refractivity contribution in [2.45, 2.75) is 6.92 Å². The van der Waals surface area contributed by atoms with Gasteiger partial charge in [0, 0.05) is 12.6 Å². The molecule has 2 rings (SSSR count). The Morgan fingerprint density at radius 2 is 2.18 bits per heavy atom. The molecule has 1 N–H and O–H groups in total. The molecule has 0 saturated heterocycles. The number of hydrogen-bond acceptors (Lipinski definition) is 4. The van der Waals surface area contributed by atoms with E-state index in [-0.39, 0.29) is 0 Å². The quantitative estimate of drug-likeness (QED) is 0.932. The van der Waals surface area contributed by atoms with Gasteiger partial charge in [-0.1, -0.05) is 11.3 Å². The zero-order valence-electron chi connectivity index (χ0n) is 9.87. The second-order valence-electron chi connectivity index (χ2n) is 3.53. The van der Waals surface area contributed by atoms with Gasteiger partial charge in [0.2, 0.25) is 0 Å². The summed E-state index contributed by atoms with van der Waals surface area (Å²) in [5, 5.41) is 5.26. The lowest BCUT2D eigenvalue weighted by molar-refractivity contribution is 0.412. The summed E-state index contributed by atoms with van der Waals surface area (Å²) in [6.07, 6.45) is 0. The molecule has 1 heterocycles. The third-order valence-corrected chi connectivity index (χ3v) is 4.27. The molecule has 0 fully saturated rings. The monoisotopic (exact) mass is 312 g/mol. The summed E-state index contributed by atoms with van der Waals surface area (Å²) in [6.45, 7) is 2.00. The molecule has 17 heavy (non-hydrogen) atoms. The van der Waals surface area contributed by atoms with Crippen LogP contribution in [0.3, 0.4) is 0 Å². The third kappa shape index (κ3) is 2.45. The Morgan fingerprint density at radius 3 is 2.71 bits per heavy atom.